The normalized spacial score (nSPS) is 11.1. The molecule has 19 heavy (non-hydrogen) atoms. The molecule has 98 valence electrons. The summed E-state index contributed by atoms with van der Waals surface area (Å²) in [5, 5.41) is 9.34. The highest BCUT2D eigenvalue weighted by atomic mass is 35.5. The van der Waals surface area contributed by atoms with Gasteiger partial charge in [0.2, 0.25) is 0 Å². The van der Waals surface area contributed by atoms with Crippen LogP contribution in [0.15, 0.2) is 30.5 Å². The van der Waals surface area contributed by atoms with Crippen molar-refractivity contribution in [3.05, 3.63) is 41.2 Å². The Morgan fingerprint density at radius 3 is 3.05 bits per heavy atom. The first-order valence-electron chi connectivity index (χ1n) is 5.99. The van der Waals surface area contributed by atoms with Crippen molar-refractivity contribution >= 4 is 38.3 Å². The Morgan fingerprint density at radius 1 is 1.37 bits per heavy atom. The quantitative estimate of drug-likeness (QED) is 0.802. The molecule has 0 radical (unpaired) electrons. The number of hydrogen-bond acceptors (Lipinski definition) is 4. The van der Waals surface area contributed by atoms with Crippen LogP contribution in [-0.2, 0) is 13.5 Å². The lowest BCUT2D eigenvalue weighted by Gasteiger charge is -1.99. The van der Waals surface area contributed by atoms with Gasteiger partial charge in [-0.05, 0) is 24.3 Å². The van der Waals surface area contributed by atoms with E-state index in [9.17, 15) is 0 Å². The predicted molar refractivity (Wildman–Crippen MR) is 80.0 cm³/mol. The maximum Gasteiger partial charge on any atom is 0.183 e. The topological polar surface area (TPSA) is 42.7 Å². The van der Waals surface area contributed by atoms with Crippen molar-refractivity contribution in [3.8, 4) is 0 Å². The maximum absolute atomic E-state index is 5.96. The zero-order valence-corrected chi connectivity index (χ0v) is 12.0. The Morgan fingerprint density at radius 2 is 2.26 bits per heavy atom. The fraction of sp³-hybridized carbons (Fsp3) is 0.231. The Balaban J connectivity index is 1.65. The highest BCUT2D eigenvalue weighted by molar-refractivity contribution is 7.22. The number of aryl methyl sites for hydroxylation is 1. The molecule has 0 saturated carbocycles. The van der Waals surface area contributed by atoms with E-state index >= 15 is 0 Å². The number of benzene rings is 1. The smallest absolute Gasteiger partial charge is 0.183 e. The molecule has 0 fully saturated rings. The Kier molecular flexibility index (Phi) is 3.40. The summed E-state index contributed by atoms with van der Waals surface area (Å²) in [7, 11) is 1.92. The van der Waals surface area contributed by atoms with E-state index in [0.717, 1.165) is 39.0 Å². The van der Waals surface area contributed by atoms with E-state index in [0.29, 0.717) is 0 Å². The summed E-state index contributed by atoms with van der Waals surface area (Å²) in [4.78, 5) is 4.51. The largest absolute Gasteiger partial charge is 0.361 e. The average molecular weight is 293 g/mol. The third kappa shape index (κ3) is 2.88. The summed E-state index contributed by atoms with van der Waals surface area (Å²) in [6, 6.07) is 7.78. The summed E-state index contributed by atoms with van der Waals surface area (Å²) >= 11 is 7.58. The van der Waals surface area contributed by atoms with E-state index in [4.69, 9.17) is 11.6 Å². The number of hydrogen-bond donors (Lipinski definition) is 1. The second-order valence-corrected chi connectivity index (χ2v) is 5.76. The highest BCUT2D eigenvalue weighted by Crippen LogP contribution is 2.28. The molecule has 0 unspecified atom stereocenters. The molecule has 4 nitrogen and oxygen atoms in total. The van der Waals surface area contributed by atoms with Crippen molar-refractivity contribution in [2.24, 2.45) is 7.05 Å². The summed E-state index contributed by atoms with van der Waals surface area (Å²) in [5.74, 6) is 0. The number of halogens is 1. The number of rotatable bonds is 4. The second kappa shape index (κ2) is 5.19. The monoisotopic (exact) mass is 292 g/mol. The molecule has 0 atom stereocenters. The molecule has 6 heteroatoms. The molecule has 1 aromatic carbocycles. The minimum atomic E-state index is 0.746. The Bertz CT molecular complexity index is 704. The van der Waals surface area contributed by atoms with Crippen molar-refractivity contribution in [2.45, 2.75) is 6.42 Å². The van der Waals surface area contributed by atoms with Gasteiger partial charge in [-0.2, -0.15) is 5.10 Å². The minimum absolute atomic E-state index is 0.746. The van der Waals surface area contributed by atoms with Crippen LogP contribution < -0.4 is 5.32 Å². The molecule has 0 aliphatic carbocycles. The van der Waals surface area contributed by atoms with Crippen LogP contribution in [0, 0.1) is 0 Å². The van der Waals surface area contributed by atoms with Crippen molar-refractivity contribution in [3.63, 3.8) is 0 Å². The van der Waals surface area contributed by atoms with Crippen LogP contribution in [0.3, 0.4) is 0 Å². The first kappa shape index (κ1) is 12.4. The van der Waals surface area contributed by atoms with Gasteiger partial charge in [-0.3, -0.25) is 4.68 Å². The molecule has 0 saturated heterocycles. The van der Waals surface area contributed by atoms with Crippen LogP contribution in [0.4, 0.5) is 5.13 Å². The maximum atomic E-state index is 5.96. The van der Waals surface area contributed by atoms with Crippen LogP contribution in [-0.4, -0.2) is 21.3 Å². The van der Waals surface area contributed by atoms with Crippen LogP contribution in [0.25, 0.3) is 10.2 Å². The molecule has 0 aliphatic heterocycles. The lowest BCUT2D eigenvalue weighted by atomic mass is 10.3. The summed E-state index contributed by atoms with van der Waals surface area (Å²) in [6.07, 6.45) is 2.84. The van der Waals surface area contributed by atoms with Gasteiger partial charge in [0.05, 0.1) is 15.9 Å². The van der Waals surface area contributed by atoms with E-state index in [1.165, 1.54) is 0 Å². The molecule has 0 amide bonds. The molecule has 2 heterocycles. The third-order valence-electron chi connectivity index (χ3n) is 2.78. The molecule has 1 N–H and O–H groups in total. The number of aromatic nitrogens is 3. The van der Waals surface area contributed by atoms with Gasteiger partial charge in [-0.25, -0.2) is 4.98 Å². The SMILES string of the molecule is Cn1ccc(CCNc2nc3ccc(Cl)cc3s2)n1. The summed E-state index contributed by atoms with van der Waals surface area (Å²) in [6.45, 7) is 0.824. The van der Waals surface area contributed by atoms with Crippen molar-refractivity contribution in [2.75, 3.05) is 11.9 Å². The van der Waals surface area contributed by atoms with E-state index < -0.39 is 0 Å². The molecule has 3 rings (SSSR count). The van der Waals surface area contributed by atoms with Crippen LogP contribution in [0.1, 0.15) is 5.69 Å². The first-order chi connectivity index (χ1) is 9.20. The number of nitrogens with zero attached hydrogens (tertiary/aromatic N) is 3. The second-order valence-electron chi connectivity index (χ2n) is 4.29. The number of anilines is 1. The van der Waals surface area contributed by atoms with Crippen LogP contribution in [0.2, 0.25) is 5.02 Å². The van der Waals surface area contributed by atoms with E-state index in [1.807, 2.05) is 42.2 Å². The molecular weight excluding hydrogens is 280 g/mol. The van der Waals surface area contributed by atoms with Gasteiger partial charge in [0.25, 0.3) is 0 Å². The average Bonchev–Trinajstić information content (AvgIpc) is 2.95. The summed E-state index contributed by atoms with van der Waals surface area (Å²) < 4.78 is 2.92. The van der Waals surface area contributed by atoms with E-state index in [1.54, 1.807) is 11.3 Å². The molecular formula is C13H13ClN4S. The van der Waals surface area contributed by atoms with Crippen molar-refractivity contribution in [1.29, 1.82) is 0 Å². The van der Waals surface area contributed by atoms with Crippen molar-refractivity contribution in [1.82, 2.24) is 14.8 Å². The lowest BCUT2D eigenvalue weighted by Crippen LogP contribution is -2.05. The molecule has 0 aliphatic rings. The molecule has 0 spiro atoms. The minimum Gasteiger partial charge on any atom is -0.361 e. The fourth-order valence-corrected chi connectivity index (χ4v) is 3.04. The van der Waals surface area contributed by atoms with Gasteiger partial charge < -0.3 is 5.32 Å². The number of nitrogens with one attached hydrogen (secondary N) is 1. The molecule has 2 aromatic heterocycles. The number of thiazole rings is 1. The third-order valence-corrected chi connectivity index (χ3v) is 3.99. The van der Waals surface area contributed by atoms with E-state index in [2.05, 4.69) is 15.4 Å². The lowest BCUT2D eigenvalue weighted by molar-refractivity contribution is 0.742. The van der Waals surface area contributed by atoms with Gasteiger partial charge in [-0.15, -0.1) is 0 Å². The Labute approximate surface area is 120 Å². The predicted octanol–water partition coefficient (Wildman–Crippen LogP) is 3.34. The molecule has 3 aromatic rings. The Hall–Kier alpha value is -1.59. The fourth-order valence-electron chi connectivity index (χ4n) is 1.87. The van der Waals surface area contributed by atoms with Crippen molar-refractivity contribution < 1.29 is 0 Å². The van der Waals surface area contributed by atoms with Crippen LogP contribution in [0.5, 0.6) is 0 Å². The van der Waals surface area contributed by atoms with Gasteiger partial charge in [-0.1, -0.05) is 22.9 Å². The van der Waals surface area contributed by atoms with E-state index in [-0.39, 0.29) is 0 Å². The standard InChI is InChI=1S/C13H13ClN4S/c1-18-7-5-10(17-18)4-6-15-13-16-11-3-2-9(14)8-12(11)19-13/h2-3,5,7-8H,4,6H2,1H3,(H,15,16). The number of fused-ring (bicyclic) bond motifs is 1. The first-order valence-corrected chi connectivity index (χ1v) is 7.19. The van der Waals surface area contributed by atoms with Gasteiger partial charge in [0.1, 0.15) is 0 Å². The van der Waals surface area contributed by atoms with Gasteiger partial charge >= 0.3 is 0 Å². The zero-order valence-electron chi connectivity index (χ0n) is 10.4. The zero-order chi connectivity index (χ0) is 13.2. The van der Waals surface area contributed by atoms with Crippen LogP contribution >= 0.6 is 22.9 Å². The highest BCUT2D eigenvalue weighted by Gasteiger charge is 2.04. The van der Waals surface area contributed by atoms with Gasteiger partial charge in [0, 0.05) is 31.2 Å². The molecule has 0 bridgehead atoms. The van der Waals surface area contributed by atoms with Gasteiger partial charge in [0.15, 0.2) is 5.13 Å². The summed E-state index contributed by atoms with van der Waals surface area (Å²) in [5.41, 5.74) is 2.06.